The van der Waals surface area contributed by atoms with Crippen LogP contribution in [-0.4, -0.2) is 22.1 Å². The number of aryl methyl sites for hydroxylation is 1. The second-order valence-corrected chi connectivity index (χ2v) is 6.10. The molecule has 7 nitrogen and oxygen atoms in total. The lowest BCUT2D eigenvalue weighted by Gasteiger charge is -2.24. The summed E-state index contributed by atoms with van der Waals surface area (Å²) < 4.78 is 5.20. The SMILES string of the molecule is O=C(N[C@@H]1CCc2n[nH]c(=O)cc2C1)c1cc2ccccc2oc1=O. The van der Waals surface area contributed by atoms with Gasteiger partial charge in [-0.05, 0) is 37.0 Å². The van der Waals surface area contributed by atoms with Crippen LogP contribution in [0, 0.1) is 0 Å². The number of para-hydroxylation sites is 1. The van der Waals surface area contributed by atoms with Crippen molar-refractivity contribution in [3.8, 4) is 0 Å². The summed E-state index contributed by atoms with van der Waals surface area (Å²) >= 11 is 0. The van der Waals surface area contributed by atoms with Crippen LogP contribution >= 0.6 is 0 Å². The molecule has 0 unspecified atom stereocenters. The van der Waals surface area contributed by atoms with Crippen LogP contribution in [0.1, 0.15) is 28.0 Å². The molecule has 0 radical (unpaired) electrons. The second kappa shape index (κ2) is 6.01. The Bertz CT molecular complexity index is 1080. The summed E-state index contributed by atoms with van der Waals surface area (Å²) in [6.07, 6.45) is 1.86. The zero-order valence-corrected chi connectivity index (χ0v) is 13.2. The van der Waals surface area contributed by atoms with Crippen molar-refractivity contribution in [2.24, 2.45) is 0 Å². The highest BCUT2D eigenvalue weighted by atomic mass is 16.4. The smallest absolute Gasteiger partial charge is 0.349 e. The lowest BCUT2D eigenvalue weighted by Crippen LogP contribution is -2.41. The maximum Gasteiger partial charge on any atom is 0.349 e. The van der Waals surface area contributed by atoms with E-state index >= 15 is 0 Å². The summed E-state index contributed by atoms with van der Waals surface area (Å²) in [4.78, 5) is 36.0. The van der Waals surface area contributed by atoms with Crippen molar-refractivity contribution in [2.45, 2.75) is 25.3 Å². The minimum Gasteiger partial charge on any atom is -0.422 e. The van der Waals surface area contributed by atoms with Gasteiger partial charge in [-0.25, -0.2) is 9.89 Å². The molecule has 4 rings (SSSR count). The number of aromatic nitrogens is 2. The summed E-state index contributed by atoms with van der Waals surface area (Å²) in [5, 5.41) is 10.00. The maximum absolute atomic E-state index is 12.5. The standard InChI is InChI=1S/C18H15N3O4/c22-16-9-11-7-12(5-6-14(11)20-21-16)19-17(23)13-8-10-3-1-2-4-15(10)25-18(13)24/h1-4,8-9,12H,5-7H2,(H,19,23)(H,21,22)/t12-/m1/s1. The van der Waals surface area contributed by atoms with Crippen LogP contribution in [-0.2, 0) is 12.8 Å². The van der Waals surface area contributed by atoms with Gasteiger partial charge in [0.1, 0.15) is 11.1 Å². The van der Waals surface area contributed by atoms with E-state index in [-0.39, 0.29) is 17.2 Å². The van der Waals surface area contributed by atoms with Gasteiger partial charge in [0.2, 0.25) is 0 Å². The molecule has 0 aliphatic heterocycles. The van der Waals surface area contributed by atoms with Gasteiger partial charge < -0.3 is 9.73 Å². The highest BCUT2D eigenvalue weighted by molar-refractivity contribution is 5.96. The van der Waals surface area contributed by atoms with Gasteiger partial charge in [0.25, 0.3) is 11.5 Å². The lowest BCUT2D eigenvalue weighted by atomic mass is 9.92. The molecule has 25 heavy (non-hydrogen) atoms. The monoisotopic (exact) mass is 337 g/mol. The summed E-state index contributed by atoms with van der Waals surface area (Å²) in [6.45, 7) is 0. The number of amides is 1. The van der Waals surface area contributed by atoms with Crippen molar-refractivity contribution in [3.63, 3.8) is 0 Å². The van der Waals surface area contributed by atoms with Gasteiger partial charge in [-0.2, -0.15) is 5.10 Å². The molecular formula is C18H15N3O4. The van der Waals surface area contributed by atoms with Crippen LogP contribution in [0.5, 0.6) is 0 Å². The van der Waals surface area contributed by atoms with Crippen molar-refractivity contribution in [1.29, 1.82) is 0 Å². The molecule has 2 aromatic heterocycles. The molecule has 0 bridgehead atoms. The van der Waals surface area contributed by atoms with Gasteiger partial charge in [0, 0.05) is 17.5 Å². The van der Waals surface area contributed by atoms with Crippen molar-refractivity contribution in [2.75, 3.05) is 0 Å². The van der Waals surface area contributed by atoms with Gasteiger partial charge in [0.05, 0.1) is 5.69 Å². The number of H-pyrrole nitrogens is 1. The first kappa shape index (κ1) is 15.3. The number of carbonyl (C=O) groups is 1. The average Bonchev–Trinajstić information content (AvgIpc) is 2.60. The van der Waals surface area contributed by atoms with E-state index < -0.39 is 11.5 Å². The molecule has 7 heteroatoms. The van der Waals surface area contributed by atoms with E-state index in [2.05, 4.69) is 15.5 Å². The Kier molecular flexibility index (Phi) is 3.68. The third-order valence-corrected chi connectivity index (χ3v) is 4.39. The molecule has 2 heterocycles. The number of rotatable bonds is 2. The van der Waals surface area contributed by atoms with E-state index in [1.807, 2.05) is 6.07 Å². The summed E-state index contributed by atoms with van der Waals surface area (Å²) in [6, 6.07) is 9.93. The first-order valence-corrected chi connectivity index (χ1v) is 8.01. The van der Waals surface area contributed by atoms with E-state index in [9.17, 15) is 14.4 Å². The van der Waals surface area contributed by atoms with Gasteiger partial charge in [-0.15, -0.1) is 0 Å². The lowest BCUT2D eigenvalue weighted by molar-refractivity contribution is 0.0930. The molecule has 1 amide bonds. The van der Waals surface area contributed by atoms with Gasteiger partial charge >= 0.3 is 5.63 Å². The molecular weight excluding hydrogens is 322 g/mol. The topological polar surface area (TPSA) is 105 Å². The Hall–Kier alpha value is -3.22. The molecule has 1 aromatic carbocycles. The number of aromatic amines is 1. The van der Waals surface area contributed by atoms with E-state index in [1.165, 1.54) is 6.07 Å². The molecule has 0 spiro atoms. The number of hydrogen-bond acceptors (Lipinski definition) is 5. The van der Waals surface area contributed by atoms with Crippen LogP contribution in [0.3, 0.4) is 0 Å². The molecule has 3 aromatic rings. The number of hydrogen-bond donors (Lipinski definition) is 2. The number of carbonyl (C=O) groups excluding carboxylic acids is 1. The van der Waals surface area contributed by atoms with E-state index in [4.69, 9.17) is 4.42 Å². The number of nitrogens with zero attached hydrogens (tertiary/aromatic N) is 1. The highest BCUT2D eigenvalue weighted by Crippen LogP contribution is 2.18. The fourth-order valence-electron chi connectivity index (χ4n) is 3.15. The number of benzene rings is 1. The third kappa shape index (κ3) is 2.96. The van der Waals surface area contributed by atoms with Crippen LogP contribution in [0.15, 0.2) is 50.4 Å². The van der Waals surface area contributed by atoms with Crippen molar-refractivity contribution in [1.82, 2.24) is 15.5 Å². The molecule has 2 N–H and O–H groups in total. The third-order valence-electron chi connectivity index (χ3n) is 4.39. The number of fused-ring (bicyclic) bond motifs is 2. The minimum absolute atomic E-state index is 0.0199. The summed E-state index contributed by atoms with van der Waals surface area (Å²) in [5.41, 5.74) is 1.17. The quantitative estimate of drug-likeness (QED) is 0.683. The number of nitrogens with one attached hydrogen (secondary N) is 2. The molecule has 0 saturated heterocycles. The van der Waals surface area contributed by atoms with Gasteiger partial charge in [-0.1, -0.05) is 18.2 Å². The van der Waals surface area contributed by atoms with Gasteiger partial charge in [0.15, 0.2) is 0 Å². The molecule has 0 fully saturated rings. The van der Waals surface area contributed by atoms with Crippen LogP contribution in [0.4, 0.5) is 0 Å². The Labute approximate surface area is 141 Å². The van der Waals surface area contributed by atoms with Crippen molar-refractivity contribution in [3.05, 3.63) is 74.0 Å². The first-order valence-electron chi connectivity index (χ1n) is 8.01. The van der Waals surface area contributed by atoms with E-state index in [0.717, 1.165) is 11.3 Å². The Morgan fingerprint density at radius 2 is 2.08 bits per heavy atom. The normalized spacial score (nSPS) is 16.4. The minimum atomic E-state index is -0.662. The zero-order valence-electron chi connectivity index (χ0n) is 13.2. The fourth-order valence-corrected chi connectivity index (χ4v) is 3.15. The van der Waals surface area contributed by atoms with Crippen LogP contribution in [0.2, 0.25) is 0 Å². The van der Waals surface area contributed by atoms with Gasteiger partial charge in [-0.3, -0.25) is 9.59 Å². The maximum atomic E-state index is 12.5. The molecule has 1 aliphatic carbocycles. The second-order valence-electron chi connectivity index (χ2n) is 6.10. The summed E-state index contributed by atoms with van der Waals surface area (Å²) in [7, 11) is 0. The molecule has 0 saturated carbocycles. The average molecular weight is 337 g/mol. The fraction of sp³-hybridized carbons (Fsp3) is 0.222. The Morgan fingerprint density at radius 3 is 2.96 bits per heavy atom. The Morgan fingerprint density at radius 1 is 1.24 bits per heavy atom. The van der Waals surface area contributed by atoms with Crippen molar-refractivity contribution >= 4 is 16.9 Å². The van der Waals surface area contributed by atoms with Crippen LogP contribution in [0.25, 0.3) is 11.0 Å². The Balaban J connectivity index is 1.57. The van der Waals surface area contributed by atoms with Crippen LogP contribution < -0.4 is 16.5 Å². The van der Waals surface area contributed by atoms with E-state index in [1.54, 1.807) is 24.3 Å². The molecule has 1 aliphatic rings. The first-order chi connectivity index (χ1) is 12.1. The largest absolute Gasteiger partial charge is 0.422 e. The predicted octanol–water partition coefficient (Wildman–Crippen LogP) is 1.16. The van der Waals surface area contributed by atoms with Crippen molar-refractivity contribution < 1.29 is 9.21 Å². The van der Waals surface area contributed by atoms with E-state index in [0.29, 0.717) is 30.2 Å². The highest BCUT2D eigenvalue weighted by Gasteiger charge is 2.23. The molecule has 1 atom stereocenters. The zero-order chi connectivity index (χ0) is 17.4. The summed E-state index contributed by atoms with van der Waals surface area (Å²) in [5.74, 6) is -0.467. The predicted molar refractivity (Wildman–Crippen MR) is 90.6 cm³/mol. The molecule has 126 valence electrons.